The molecule has 0 saturated carbocycles. The molecule has 0 amide bonds. The number of aliphatic imine (C=N–C) groups is 1. The molecule has 0 bridgehead atoms. The monoisotopic (exact) mass is 265 g/mol. The number of ether oxygens (including phenoxy) is 1. The first-order chi connectivity index (χ1) is 9.74. The lowest BCUT2D eigenvalue weighted by molar-refractivity contribution is 0.306. The maximum Gasteiger partial charge on any atom is 0.120 e. The molecule has 2 aromatic rings. The zero-order chi connectivity index (χ0) is 13.9. The Morgan fingerprint density at radius 2 is 1.90 bits per heavy atom. The minimum absolute atomic E-state index is 0.408. The van der Waals surface area contributed by atoms with Crippen molar-refractivity contribution in [3.05, 3.63) is 59.7 Å². The van der Waals surface area contributed by atoms with Gasteiger partial charge in [0.2, 0.25) is 0 Å². The van der Waals surface area contributed by atoms with Crippen molar-refractivity contribution in [2.75, 3.05) is 0 Å². The summed E-state index contributed by atoms with van der Waals surface area (Å²) in [4.78, 5) is 4.48. The lowest BCUT2D eigenvalue weighted by Gasteiger charge is -2.14. The first-order valence-corrected chi connectivity index (χ1v) is 7.09. The normalized spacial score (nSPS) is 16.4. The van der Waals surface area contributed by atoms with Gasteiger partial charge >= 0.3 is 0 Å². The highest BCUT2D eigenvalue weighted by molar-refractivity contribution is 5.81. The van der Waals surface area contributed by atoms with Crippen LogP contribution in [0.15, 0.2) is 53.5 Å². The smallest absolute Gasteiger partial charge is 0.120 e. The third kappa shape index (κ3) is 2.60. The Morgan fingerprint density at radius 1 is 1.10 bits per heavy atom. The zero-order valence-corrected chi connectivity index (χ0v) is 11.9. The number of rotatable bonds is 4. The second-order valence-electron chi connectivity index (χ2n) is 5.54. The molecule has 0 aliphatic carbocycles. The molecule has 1 aliphatic rings. The average Bonchev–Trinajstić information content (AvgIpc) is 2.89. The summed E-state index contributed by atoms with van der Waals surface area (Å²) in [6.45, 7) is 5.05. The SMILES string of the molecule is CC(C)C1C=Nc2ccc(OCc3ccccc3)cc21. The summed E-state index contributed by atoms with van der Waals surface area (Å²) in [6.07, 6.45) is 2.05. The van der Waals surface area contributed by atoms with Crippen molar-refractivity contribution in [2.45, 2.75) is 26.4 Å². The van der Waals surface area contributed by atoms with Gasteiger partial charge in [0.1, 0.15) is 12.4 Å². The molecule has 102 valence electrons. The predicted molar refractivity (Wildman–Crippen MR) is 82.9 cm³/mol. The Balaban J connectivity index is 1.75. The molecule has 1 atom stereocenters. The van der Waals surface area contributed by atoms with Crippen molar-refractivity contribution in [1.29, 1.82) is 0 Å². The third-order valence-electron chi connectivity index (χ3n) is 3.70. The highest BCUT2D eigenvalue weighted by Crippen LogP contribution is 2.38. The minimum Gasteiger partial charge on any atom is -0.489 e. The van der Waals surface area contributed by atoms with Crippen molar-refractivity contribution < 1.29 is 4.74 Å². The van der Waals surface area contributed by atoms with Crippen LogP contribution >= 0.6 is 0 Å². The van der Waals surface area contributed by atoms with Gasteiger partial charge in [-0.05, 0) is 35.2 Å². The summed E-state index contributed by atoms with van der Waals surface area (Å²) < 4.78 is 5.89. The van der Waals surface area contributed by atoms with Crippen LogP contribution in [0.1, 0.15) is 30.9 Å². The van der Waals surface area contributed by atoms with Crippen LogP contribution in [-0.4, -0.2) is 6.21 Å². The molecular weight excluding hydrogens is 246 g/mol. The Hall–Kier alpha value is -2.09. The lowest BCUT2D eigenvalue weighted by atomic mass is 9.90. The van der Waals surface area contributed by atoms with E-state index in [9.17, 15) is 0 Å². The summed E-state index contributed by atoms with van der Waals surface area (Å²) in [5, 5.41) is 0. The summed E-state index contributed by atoms with van der Waals surface area (Å²) in [7, 11) is 0. The van der Waals surface area contributed by atoms with E-state index in [0.717, 1.165) is 11.4 Å². The van der Waals surface area contributed by atoms with Crippen molar-refractivity contribution >= 4 is 11.9 Å². The molecule has 0 radical (unpaired) electrons. The molecule has 0 aromatic heterocycles. The molecule has 1 aliphatic heterocycles. The van der Waals surface area contributed by atoms with Gasteiger partial charge in [-0.25, -0.2) is 0 Å². The number of hydrogen-bond acceptors (Lipinski definition) is 2. The van der Waals surface area contributed by atoms with Crippen LogP contribution in [-0.2, 0) is 6.61 Å². The zero-order valence-electron chi connectivity index (χ0n) is 11.9. The van der Waals surface area contributed by atoms with E-state index >= 15 is 0 Å². The van der Waals surface area contributed by atoms with Crippen LogP contribution in [0.4, 0.5) is 5.69 Å². The van der Waals surface area contributed by atoms with Crippen LogP contribution < -0.4 is 4.74 Å². The maximum absolute atomic E-state index is 5.89. The fraction of sp³-hybridized carbons (Fsp3) is 0.278. The maximum atomic E-state index is 5.89. The number of nitrogens with zero attached hydrogens (tertiary/aromatic N) is 1. The van der Waals surface area contributed by atoms with E-state index in [1.165, 1.54) is 11.1 Å². The van der Waals surface area contributed by atoms with Gasteiger partial charge in [0.15, 0.2) is 0 Å². The van der Waals surface area contributed by atoms with Crippen LogP contribution in [0.25, 0.3) is 0 Å². The van der Waals surface area contributed by atoms with Gasteiger partial charge in [0, 0.05) is 12.1 Å². The highest BCUT2D eigenvalue weighted by Gasteiger charge is 2.22. The van der Waals surface area contributed by atoms with Crippen LogP contribution in [0, 0.1) is 5.92 Å². The second-order valence-corrected chi connectivity index (χ2v) is 5.54. The van der Waals surface area contributed by atoms with Crippen molar-refractivity contribution in [1.82, 2.24) is 0 Å². The molecule has 0 N–H and O–H groups in total. The van der Waals surface area contributed by atoms with E-state index in [1.54, 1.807) is 0 Å². The van der Waals surface area contributed by atoms with Gasteiger partial charge < -0.3 is 4.74 Å². The summed E-state index contributed by atoms with van der Waals surface area (Å²) >= 11 is 0. The number of hydrogen-bond donors (Lipinski definition) is 0. The fourth-order valence-corrected chi connectivity index (χ4v) is 2.52. The summed E-state index contributed by atoms with van der Waals surface area (Å²) in [6, 6.07) is 16.4. The molecule has 2 aromatic carbocycles. The number of fused-ring (bicyclic) bond motifs is 1. The molecule has 2 nitrogen and oxygen atoms in total. The van der Waals surface area contributed by atoms with Crippen LogP contribution in [0.5, 0.6) is 5.75 Å². The molecule has 0 saturated heterocycles. The van der Waals surface area contributed by atoms with E-state index in [-0.39, 0.29) is 0 Å². The van der Waals surface area contributed by atoms with Gasteiger partial charge in [-0.15, -0.1) is 0 Å². The van der Waals surface area contributed by atoms with Crippen LogP contribution in [0.3, 0.4) is 0 Å². The molecular formula is C18H19NO. The fourth-order valence-electron chi connectivity index (χ4n) is 2.52. The molecule has 2 heteroatoms. The quantitative estimate of drug-likeness (QED) is 0.783. The van der Waals surface area contributed by atoms with Gasteiger partial charge in [-0.2, -0.15) is 0 Å². The topological polar surface area (TPSA) is 21.6 Å². The average molecular weight is 265 g/mol. The van der Waals surface area contributed by atoms with Gasteiger partial charge in [0.05, 0.1) is 5.69 Å². The van der Waals surface area contributed by atoms with Gasteiger partial charge in [0.25, 0.3) is 0 Å². The minimum atomic E-state index is 0.408. The standard InChI is InChI=1S/C18H19NO/c1-13(2)17-11-19-18-9-8-15(10-16(17)18)20-12-14-6-4-3-5-7-14/h3-11,13,17H,12H2,1-2H3. The van der Waals surface area contributed by atoms with Gasteiger partial charge in [-0.3, -0.25) is 4.99 Å². The van der Waals surface area contributed by atoms with Crippen molar-refractivity contribution in [2.24, 2.45) is 10.9 Å². The van der Waals surface area contributed by atoms with Crippen LogP contribution in [0.2, 0.25) is 0 Å². The first-order valence-electron chi connectivity index (χ1n) is 7.09. The van der Waals surface area contributed by atoms with E-state index in [4.69, 9.17) is 4.74 Å². The van der Waals surface area contributed by atoms with Gasteiger partial charge in [-0.1, -0.05) is 44.2 Å². The largest absolute Gasteiger partial charge is 0.489 e. The van der Waals surface area contributed by atoms with E-state index in [2.05, 4.69) is 49.3 Å². The van der Waals surface area contributed by atoms with E-state index < -0.39 is 0 Å². The lowest BCUT2D eigenvalue weighted by Crippen LogP contribution is -2.05. The molecule has 20 heavy (non-hydrogen) atoms. The third-order valence-corrected chi connectivity index (χ3v) is 3.70. The van der Waals surface area contributed by atoms with Crippen molar-refractivity contribution in [3.8, 4) is 5.75 Å². The predicted octanol–water partition coefficient (Wildman–Crippen LogP) is 4.72. The molecule has 3 rings (SSSR count). The molecule has 0 spiro atoms. The Kier molecular flexibility index (Phi) is 3.55. The molecule has 1 unspecified atom stereocenters. The summed E-state index contributed by atoms with van der Waals surface area (Å²) in [5.41, 5.74) is 3.55. The second kappa shape index (κ2) is 5.49. The summed E-state index contributed by atoms with van der Waals surface area (Å²) in [5.74, 6) is 1.89. The first kappa shape index (κ1) is 12.9. The molecule has 0 fully saturated rings. The van der Waals surface area contributed by atoms with E-state index in [0.29, 0.717) is 18.4 Å². The molecule has 1 heterocycles. The highest BCUT2D eigenvalue weighted by atomic mass is 16.5. The van der Waals surface area contributed by atoms with E-state index in [1.807, 2.05) is 24.3 Å². The van der Waals surface area contributed by atoms with Crippen molar-refractivity contribution in [3.63, 3.8) is 0 Å². The number of benzene rings is 2. The Morgan fingerprint density at radius 3 is 2.65 bits per heavy atom. The Bertz CT molecular complexity index is 617. The Labute approximate surface area is 120 Å².